The number of hydrogen-bond acceptors (Lipinski definition) is 8. The van der Waals surface area contributed by atoms with Crippen LogP contribution in [0.3, 0.4) is 0 Å². The van der Waals surface area contributed by atoms with Gasteiger partial charge in [-0.25, -0.2) is 16.4 Å². The highest BCUT2D eigenvalue weighted by Gasteiger charge is 2.14. The summed E-state index contributed by atoms with van der Waals surface area (Å²) in [6, 6.07) is 13.1. The number of rotatable bonds is 6. The molecule has 0 bridgehead atoms. The summed E-state index contributed by atoms with van der Waals surface area (Å²) >= 11 is 2.79. The van der Waals surface area contributed by atoms with E-state index in [1.165, 1.54) is 23.1 Å². The predicted octanol–water partition coefficient (Wildman–Crippen LogP) is 1.75. The average Bonchev–Trinajstić information content (AvgIpc) is 3.21. The summed E-state index contributed by atoms with van der Waals surface area (Å²) in [6.45, 7) is 0. The number of aromatic nitrogens is 2. The summed E-state index contributed by atoms with van der Waals surface area (Å²) in [4.78, 5) is 20.1. The number of hydrazine groups is 1. The Bertz CT molecular complexity index is 1070. The van der Waals surface area contributed by atoms with Gasteiger partial charge in [-0.15, -0.1) is 16.4 Å². The maximum atomic E-state index is 12.2. The fourth-order valence-electron chi connectivity index (χ4n) is 2.32. The molecule has 0 aliphatic rings. The molecule has 27 heavy (non-hydrogen) atoms. The third kappa shape index (κ3) is 4.35. The average molecular weight is 397 g/mol. The fourth-order valence-corrected chi connectivity index (χ4v) is 3.85. The van der Waals surface area contributed by atoms with Gasteiger partial charge in [-0.1, -0.05) is 36.0 Å². The molecule has 8 nitrogen and oxygen atoms in total. The second-order valence-electron chi connectivity index (χ2n) is 5.30. The first kappa shape index (κ1) is 18.7. The molecule has 136 valence electrons. The fraction of sp³-hybridized carbons (Fsp3) is 0.0588. The maximum absolute atomic E-state index is 12.2. The normalized spacial score (nSPS) is 11.2. The third-order valence-corrected chi connectivity index (χ3v) is 5.37. The van der Waals surface area contributed by atoms with Gasteiger partial charge >= 0.3 is 0 Å². The highest BCUT2D eigenvalue weighted by atomic mass is 32.2. The van der Waals surface area contributed by atoms with E-state index >= 15 is 0 Å². The maximum Gasteiger partial charge on any atom is 0.270 e. The van der Waals surface area contributed by atoms with E-state index in [0.29, 0.717) is 16.6 Å². The zero-order chi connectivity index (χ0) is 19.2. The molecule has 0 aliphatic heterocycles. The van der Waals surface area contributed by atoms with E-state index in [9.17, 15) is 10.1 Å². The van der Waals surface area contributed by atoms with Gasteiger partial charge in [0.25, 0.3) is 5.56 Å². The van der Waals surface area contributed by atoms with Gasteiger partial charge in [-0.2, -0.15) is 5.26 Å². The van der Waals surface area contributed by atoms with Gasteiger partial charge in [0.05, 0.1) is 4.88 Å². The van der Waals surface area contributed by atoms with Crippen LogP contribution in [0.2, 0.25) is 0 Å². The van der Waals surface area contributed by atoms with Crippen LogP contribution in [-0.2, 0) is 5.75 Å². The minimum absolute atomic E-state index is 0.0158. The van der Waals surface area contributed by atoms with Crippen molar-refractivity contribution in [3.63, 3.8) is 0 Å². The molecule has 0 fully saturated rings. The summed E-state index contributed by atoms with van der Waals surface area (Å²) in [5.74, 6) is 5.97. The van der Waals surface area contributed by atoms with Crippen molar-refractivity contribution in [1.82, 2.24) is 15.5 Å². The number of nitrogens with one attached hydrogen (secondary N) is 2. The van der Waals surface area contributed by atoms with E-state index < -0.39 is 5.56 Å². The predicted molar refractivity (Wildman–Crippen MR) is 107 cm³/mol. The Balaban J connectivity index is 1.85. The van der Waals surface area contributed by atoms with Crippen molar-refractivity contribution in [2.75, 3.05) is 0 Å². The molecule has 2 heterocycles. The molecule has 1 aromatic carbocycles. The summed E-state index contributed by atoms with van der Waals surface area (Å²) in [6.07, 6.45) is 0. The van der Waals surface area contributed by atoms with Crippen molar-refractivity contribution in [1.29, 1.82) is 5.26 Å². The molecular formula is C17H15N7OS2. The third-order valence-electron chi connectivity index (χ3n) is 3.55. The first-order valence-electron chi connectivity index (χ1n) is 7.71. The van der Waals surface area contributed by atoms with Gasteiger partial charge in [-0.05, 0) is 23.1 Å². The van der Waals surface area contributed by atoms with E-state index in [4.69, 9.17) is 11.6 Å². The Morgan fingerprint density at radius 3 is 2.96 bits per heavy atom. The smallest absolute Gasteiger partial charge is 0.270 e. The summed E-state index contributed by atoms with van der Waals surface area (Å²) < 4.78 is 0. The number of nitrogens with zero attached hydrogens (tertiary/aromatic N) is 3. The summed E-state index contributed by atoms with van der Waals surface area (Å²) in [7, 11) is 0. The molecule has 2 aromatic heterocycles. The van der Waals surface area contributed by atoms with Crippen LogP contribution < -0.4 is 22.7 Å². The van der Waals surface area contributed by atoms with E-state index in [-0.39, 0.29) is 11.4 Å². The minimum Gasteiger partial charge on any atom is -0.382 e. The lowest BCUT2D eigenvalue weighted by atomic mass is 10.1. The van der Waals surface area contributed by atoms with Crippen LogP contribution >= 0.6 is 23.1 Å². The number of nitrogens with two attached hydrogens (primary N) is 2. The highest BCUT2D eigenvalue weighted by molar-refractivity contribution is 7.98. The molecule has 0 amide bonds. The molecule has 0 spiro atoms. The topological polar surface area (TPSA) is 146 Å². The molecule has 0 saturated heterocycles. The van der Waals surface area contributed by atoms with Gasteiger partial charge in [0, 0.05) is 11.3 Å². The Morgan fingerprint density at radius 1 is 1.41 bits per heavy atom. The zero-order valence-electron chi connectivity index (χ0n) is 14.0. The van der Waals surface area contributed by atoms with Crippen molar-refractivity contribution in [2.24, 2.45) is 16.7 Å². The Labute approximate surface area is 162 Å². The first-order valence-corrected chi connectivity index (χ1v) is 9.58. The molecular weight excluding hydrogens is 382 g/mol. The second kappa shape index (κ2) is 8.50. The van der Waals surface area contributed by atoms with E-state index in [1.54, 1.807) is 0 Å². The standard InChI is InChI=1S/C17H15N7OS2/c18-8-12-14(13-5-2-6-26-13)21-17(22-16(12)25)27-9-10-3-1-4-11(7-10)15(19)23-24-20/h1-7,24H,9,20H2,(H2,19,23)(H,21,22,25). The number of hydrogen-bond donors (Lipinski definition) is 4. The van der Waals surface area contributed by atoms with Gasteiger partial charge in [0.15, 0.2) is 11.0 Å². The number of thiophene rings is 1. The van der Waals surface area contributed by atoms with Crippen molar-refractivity contribution in [3.05, 3.63) is 68.8 Å². The van der Waals surface area contributed by atoms with E-state index in [1.807, 2.05) is 47.8 Å². The van der Waals surface area contributed by atoms with Crippen LogP contribution in [-0.4, -0.2) is 15.8 Å². The van der Waals surface area contributed by atoms with E-state index in [0.717, 1.165) is 16.0 Å². The number of H-pyrrole nitrogens is 1. The molecule has 0 atom stereocenters. The largest absolute Gasteiger partial charge is 0.382 e. The van der Waals surface area contributed by atoms with Crippen molar-refractivity contribution in [2.45, 2.75) is 10.9 Å². The number of hydrazone groups is 1. The second-order valence-corrected chi connectivity index (χ2v) is 7.21. The minimum atomic E-state index is -0.447. The summed E-state index contributed by atoms with van der Waals surface area (Å²) in [5.41, 5.74) is 9.65. The lowest BCUT2D eigenvalue weighted by Crippen LogP contribution is -2.23. The molecule has 0 saturated carbocycles. The van der Waals surface area contributed by atoms with Crippen LogP contribution in [0.15, 0.2) is 56.8 Å². The summed E-state index contributed by atoms with van der Waals surface area (Å²) in [5, 5.41) is 15.3. The molecule has 3 aromatic rings. The van der Waals surface area contributed by atoms with Gasteiger partial charge < -0.3 is 10.7 Å². The quantitative estimate of drug-likeness (QED) is 0.124. The molecule has 3 rings (SSSR count). The van der Waals surface area contributed by atoms with Crippen LogP contribution in [0.25, 0.3) is 10.6 Å². The van der Waals surface area contributed by atoms with Crippen molar-refractivity contribution >= 4 is 28.9 Å². The molecule has 6 N–H and O–H groups in total. The van der Waals surface area contributed by atoms with Crippen LogP contribution in [0.4, 0.5) is 0 Å². The van der Waals surface area contributed by atoms with Gasteiger partial charge in [0.1, 0.15) is 17.3 Å². The number of nitriles is 1. The SMILES string of the molecule is N#Cc1c(-c2cccs2)nc(SCc2cccc(/C(N)=N/NN)c2)[nH]c1=O. The number of benzene rings is 1. The highest BCUT2D eigenvalue weighted by Crippen LogP contribution is 2.27. The molecule has 0 aliphatic carbocycles. The van der Waals surface area contributed by atoms with E-state index in [2.05, 4.69) is 20.6 Å². The number of aromatic amines is 1. The Kier molecular flexibility index (Phi) is 5.87. The zero-order valence-corrected chi connectivity index (χ0v) is 15.6. The van der Waals surface area contributed by atoms with Crippen LogP contribution in [0, 0.1) is 11.3 Å². The molecule has 0 radical (unpaired) electrons. The van der Waals surface area contributed by atoms with Gasteiger partial charge in [0.2, 0.25) is 0 Å². The van der Waals surface area contributed by atoms with Crippen LogP contribution in [0.5, 0.6) is 0 Å². The number of amidine groups is 1. The Morgan fingerprint density at radius 2 is 2.26 bits per heavy atom. The monoisotopic (exact) mass is 397 g/mol. The molecule has 0 unspecified atom stereocenters. The van der Waals surface area contributed by atoms with Crippen molar-refractivity contribution in [3.8, 4) is 16.6 Å². The number of thioether (sulfide) groups is 1. The Hall–Kier alpha value is -3.13. The molecule has 10 heteroatoms. The lowest BCUT2D eigenvalue weighted by molar-refractivity contribution is 0.804. The van der Waals surface area contributed by atoms with Gasteiger partial charge in [-0.3, -0.25) is 4.79 Å². The first-order chi connectivity index (χ1) is 13.1. The van der Waals surface area contributed by atoms with Crippen LogP contribution in [0.1, 0.15) is 16.7 Å². The lowest BCUT2D eigenvalue weighted by Gasteiger charge is -2.06. The van der Waals surface area contributed by atoms with Crippen molar-refractivity contribution < 1.29 is 0 Å².